The largest absolute Gasteiger partial charge is 0.393 e. The minimum Gasteiger partial charge on any atom is -0.393 e. The quantitative estimate of drug-likeness (QED) is 0.589. The topological polar surface area (TPSA) is 77.8 Å². The van der Waals surface area contributed by atoms with Gasteiger partial charge >= 0.3 is 0 Å². The van der Waals surface area contributed by atoms with Gasteiger partial charge in [0.2, 0.25) is 5.78 Å². The molecule has 0 saturated carbocycles. The summed E-state index contributed by atoms with van der Waals surface area (Å²) in [6.45, 7) is -0.833. The highest BCUT2D eigenvalue weighted by Crippen LogP contribution is 2.25. The van der Waals surface area contributed by atoms with E-state index in [0.29, 0.717) is 0 Å². The second-order valence-electron chi connectivity index (χ2n) is 4.05. The van der Waals surface area contributed by atoms with Crippen molar-refractivity contribution in [1.82, 2.24) is 0 Å². The molecule has 0 heterocycles. The smallest absolute Gasteiger partial charge is 0.207 e. The van der Waals surface area contributed by atoms with E-state index in [1.807, 2.05) is 18.2 Å². The van der Waals surface area contributed by atoms with Crippen molar-refractivity contribution >= 4 is 5.78 Å². The van der Waals surface area contributed by atoms with Crippen molar-refractivity contribution in [2.75, 3.05) is 6.61 Å². The molecule has 1 aromatic carbocycles. The molecule has 4 heteroatoms. The van der Waals surface area contributed by atoms with Crippen LogP contribution in [0, 0.1) is 11.8 Å². The Hall–Kier alpha value is -1.93. The van der Waals surface area contributed by atoms with Crippen molar-refractivity contribution in [1.29, 1.82) is 0 Å². The fraction of sp³-hybridized carbons (Fsp3) is 0.214. The molecule has 0 aromatic heterocycles. The highest BCUT2D eigenvalue weighted by Gasteiger charge is 2.48. The van der Waals surface area contributed by atoms with Crippen molar-refractivity contribution in [2.45, 2.75) is 11.7 Å². The van der Waals surface area contributed by atoms with Crippen LogP contribution in [0.3, 0.4) is 0 Å². The maximum absolute atomic E-state index is 11.7. The number of hydrogen-bond acceptors (Lipinski definition) is 4. The van der Waals surface area contributed by atoms with Crippen molar-refractivity contribution in [3.05, 3.63) is 47.5 Å². The average molecular weight is 244 g/mol. The first-order valence-corrected chi connectivity index (χ1v) is 5.43. The fourth-order valence-electron chi connectivity index (χ4n) is 1.66. The van der Waals surface area contributed by atoms with E-state index >= 15 is 0 Å². The Bertz CT molecular complexity index is 550. The molecule has 0 bridgehead atoms. The third kappa shape index (κ3) is 2.07. The Morgan fingerprint density at radius 2 is 1.89 bits per heavy atom. The molecule has 3 N–H and O–H groups in total. The lowest BCUT2D eigenvalue weighted by atomic mass is 9.97. The molecule has 2 rings (SSSR count). The minimum atomic E-state index is -2.15. The van der Waals surface area contributed by atoms with E-state index in [0.717, 1.165) is 11.6 Å². The van der Waals surface area contributed by atoms with Crippen LogP contribution in [0.5, 0.6) is 0 Å². The molecule has 0 fully saturated rings. The van der Waals surface area contributed by atoms with E-state index in [-0.39, 0.29) is 5.57 Å². The Labute approximate surface area is 104 Å². The van der Waals surface area contributed by atoms with Crippen molar-refractivity contribution in [2.24, 2.45) is 0 Å². The summed E-state index contributed by atoms with van der Waals surface area (Å²) in [4.78, 5) is 11.7. The molecule has 0 aliphatic heterocycles. The van der Waals surface area contributed by atoms with Gasteiger partial charge < -0.3 is 15.3 Å². The Morgan fingerprint density at radius 1 is 1.22 bits per heavy atom. The summed E-state index contributed by atoms with van der Waals surface area (Å²) < 4.78 is 0. The summed E-state index contributed by atoms with van der Waals surface area (Å²) in [7, 11) is 0. The molecule has 1 aliphatic carbocycles. The van der Waals surface area contributed by atoms with Gasteiger partial charge in [-0.1, -0.05) is 30.0 Å². The lowest BCUT2D eigenvalue weighted by molar-refractivity contribution is -0.144. The molecule has 0 saturated heterocycles. The fourth-order valence-corrected chi connectivity index (χ4v) is 1.66. The summed E-state index contributed by atoms with van der Waals surface area (Å²) in [6.07, 6.45) is -0.260. The van der Waals surface area contributed by atoms with Gasteiger partial charge in [0.25, 0.3) is 0 Å². The zero-order chi connectivity index (χ0) is 13.2. The highest BCUT2D eigenvalue weighted by atomic mass is 16.4. The van der Waals surface area contributed by atoms with Crippen molar-refractivity contribution in [3.63, 3.8) is 0 Å². The van der Waals surface area contributed by atoms with E-state index in [1.54, 1.807) is 12.1 Å². The molecular weight excluding hydrogens is 232 g/mol. The first kappa shape index (κ1) is 12.5. The predicted molar refractivity (Wildman–Crippen MR) is 64.5 cm³/mol. The van der Waals surface area contributed by atoms with Crippen LogP contribution >= 0.6 is 0 Å². The summed E-state index contributed by atoms with van der Waals surface area (Å²) in [5, 5.41) is 28.2. The van der Waals surface area contributed by atoms with Gasteiger partial charge in [-0.3, -0.25) is 4.79 Å². The van der Waals surface area contributed by atoms with Crippen LogP contribution in [-0.4, -0.2) is 39.4 Å². The third-order valence-electron chi connectivity index (χ3n) is 2.81. The Balaban J connectivity index is 2.26. The number of ketones is 1. The van der Waals surface area contributed by atoms with Gasteiger partial charge in [-0.25, -0.2) is 0 Å². The van der Waals surface area contributed by atoms with E-state index < -0.39 is 24.1 Å². The molecule has 92 valence electrons. The monoisotopic (exact) mass is 244 g/mol. The SMILES string of the molecule is O=C1C(C#Cc2ccccc2)=C[C@H](O)[C@@]1(O)CO. The number of carbonyl (C=O) groups excluding carboxylic acids is 1. The van der Waals surface area contributed by atoms with E-state index in [2.05, 4.69) is 11.8 Å². The van der Waals surface area contributed by atoms with Gasteiger partial charge in [-0.15, -0.1) is 0 Å². The Morgan fingerprint density at radius 3 is 2.44 bits per heavy atom. The van der Waals surface area contributed by atoms with Crippen LogP contribution < -0.4 is 0 Å². The van der Waals surface area contributed by atoms with Gasteiger partial charge in [0.1, 0.15) is 6.10 Å². The lowest BCUT2D eigenvalue weighted by Gasteiger charge is -2.21. The van der Waals surface area contributed by atoms with Crippen LogP contribution in [0.2, 0.25) is 0 Å². The number of aliphatic hydroxyl groups is 3. The molecule has 1 aliphatic rings. The molecule has 1 aromatic rings. The molecule has 0 spiro atoms. The average Bonchev–Trinajstić information content (AvgIpc) is 2.62. The zero-order valence-corrected chi connectivity index (χ0v) is 9.50. The van der Waals surface area contributed by atoms with E-state index in [4.69, 9.17) is 5.11 Å². The van der Waals surface area contributed by atoms with E-state index in [9.17, 15) is 15.0 Å². The first-order valence-electron chi connectivity index (χ1n) is 5.43. The molecule has 0 amide bonds. The zero-order valence-electron chi connectivity index (χ0n) is 9.50. The van der Waals surface area contributed by atoms with Gasteiger partial charge in [-0.05, 0) is 18.2 Å². The summed E-state index contributed by atoms with van der Waals surface area (Å²) in [5.74, 6) is 4.61. The number of benzene rings is 1. The number of aliphatic hydroxyl groups excluding tert-OH is 2. The molecule has 0 unspecified atom stereocenters. The number of carbonyl (C=O) groups is 1. The van der Waals surface area contributed by atoms with Gasteiger partial charge in [0.15, 0.2) is 5.60 Å². The minimum absolute atomic E-state index is 0.0166. The van der Waals surface area contributed by atoms with Crippen LogP contribution in [0.1, 0.15) is 5.56 Å². The first-order chi connectivity index (χ1) is 8.58. The molecule has 4 nitrogen and oxygen atoms in total. The number of rotatable bonds is 1. The Kier molecular flexibility index (Phi) is 3.30. The normalized spacial score (nSPS) is 26.5. The van der Waals surface area contributed by atoms with Crippen LogP contribution in [0.25, 0.3) is 0 Å². The number of Topliss-reactive ketones (excluding diaryl/α,β-unsaturated/α-hetero) is 1. The molecular formula is C14H12O4. The van der Waals surface area contributed by atoms with Crippen molar-refractivity contribution < 1.29 is 20.1 Å². The maximum Gasteiger partial charge on any atom is 0.207 e. The van der Waals surface area contributed by atoms with Crippen LogP contribution in [0.4, 0.5) is 0 Å². The molecule has 0 radical (unpaired) electrons. The van der Waals surface area contributed by atoms with Gasteiger partial charge in [0.05, 0.1) is 12.2 Å². The second-order valence-corrected chi connectivity index (χ2v) is 4.05. The maximum atomic E-state index is 11.7. The van der Waals surface area contributed by atoms with Gasteiger partial charge in [-0.2, -0.15) is 0 Å². The molecule has 18 heavy (non-hydrogen) atoms. The number of hydrogen-bond donors (Lipinski definition) is 3. The third-order valence-corrected chi connectivity index (χ3v) is 2.81. The summed E-state index contributed by atoms with van der Waals surface area (Å²) in [5.41, 5.74) is -1.41. The standard InChI is InChI=1S/C14H12O4/c15-9-14(18)12(16)8-11(13(14)17)7-6-10-4-2-1-3-5-10/h1-5,8,12,15-16,18H,9H2/t12-,14-/m0/s1. The summed E-state index contributed by atoms with van der Waals surface area (Å²) in [6, 6.07) is 9.03. The van der Waals surface area contributed by atoms with Crippen LogP contribution in [0.15, 0.2) is 42.0 Å². The lowest BCUT2D eigenvalue weighted by Crippen LogP contribution is -2.48. The second kappa shape index (κ2) is 4.75. The summed E-state index contributed by atoms with van der Waals surface area (Å²) >= 11 is 0. The highest BCUT2D eigenvalue weighted by molar-refractivity contribution is 6.08. The predicted octanol–water partition coefficient (Wildman–Crippen LogP) is -0.369. The van der Waals surface area contributed by atoms with Gasteiger partial charge in [0, 0.05) is 5.56 Å². The van der Waals surface area contributed by atoms with E-state index in [1.165, 1.54) is 0 Å². The molecule has 2 atom stereocenters. The van der Waals surface area contributed by atoms with Crippen LogP contribution in [-0.2, 0) is 4.79 Å². The van der Waals surface area contributed by atoms with Crippen molar-refractivity contribution in [3.8, 4) is 11.8 Å².